The van der Waals surface area contributed by atoms with Crippen molar-refractivity contribution >= 4 is 0 Å². The molecule has 1 aliphatic rings. The van der Waals surface area contributed by atoms with E-state index in [4.69, 9.17) is 18.9 Å². The summed E-state index contributed by atoms with van der Waals surface area (Å²) < 4.78 is 22.3. The van der Waals surface area contributed by atoms with Gasteiger partial charge in [0.1, 0.15) is 18.3 Å². The van der Waals surface area contributed by atoms with Crippen LogP contribution >= 0.6 is 0 Å². The summed E-state index contributed by atoms with van der Waals surface area (Å²) in [6, 6.07) is 0. The van der Waals surface area contributed by atoms with Crippen LogP contribution in [0.5, 0.6) is 0 Å². The van der Waals surface area contributed by atoms with Gasteiger partial charge in [-0.2, -0.15) is 0 Å². The van der Waals surface area contributed by atoms with Gasteiger partial charge in [-0.05, 0) is 20.8 Å². The van der Waals surface area contributed by atoms with Gasteiger partial charge in [-0.25, -0.2) is 0 Å². The number of rotatable bonds is 4. The molecule has 1 rings (SSSR count). The van der Waals surface area contributed by atoms with Crippen LogP contribution in [0, 0.1) is 0 Å². The first-order valence-electron chi connectivity index (χ1n) is 5.48. The minimum Gasteiger partial charge on any atom is -0.376 e. The first-order chi connectivity index (χ1) is 7.15. The third-order valence-corrected chi connectivity index (χ3v) is 2.91. The van der Waals surface area contributed by atoms with Gasteiger partial charge in [0.2, 0.25) is 0 Å². The second-order valence-electron chi connectivity index (χ2n) is 3.87. The van der Waals surface area contributed by atoms with Crippen molar-refractivity contribution in [1.29, 1.82) is 0 Å². The Balaban J connectivity index is 2.75. The van der Waals surface area contributed by atoms with Crippen molar-refractivity contribution in [1.82, 2.24) is 0 Å². The molecule has 0 aromatic heterocycles. The Bertz CT molecular complexity index is 185. The lowest BCUT2D eigenvalue weighted by atomic mass is 9.96. The van der Waals surface area contributed by atoms with Crippen LogP contribution in [-0.2, 0) is 18.9 Å². The van der Waals surface area contributed by atoms with Gasteiger partial charge >= 0.3 is 0 Å². The third-order valence-electron chi connectivity index (χ3n) is 2.91. The van der Waals surface area contributed by atoms with E-state index in [0.717, 1.165) is 0 Å². The van der Waals surface area contributed by atoms with Gasteiger partial charge in [0, 0.05) is 20.8 Å². The summed E-state index contributed by atoms with van der Waals surface area (Å²) in [4.78, 5) is 0. The number of methoxy groups -OCH3 is 2. The lowest BCUT2D eigenvalue weighted by Crippen LogP contribution is -2.58. The highest BCUT2D eigenvalue weighted by Crippen LogP contribution is 2.26. The van der Waals surface area contributed by atoms with Gasteiger partial charge in [0.05, 0.1) is 12.2 Å². The van der Waals surface area contributed by atoms with E-state index >= 15 is 0 Å². The summed E-state index contributed by atoms with van der Waals surface area (Å²) in [6.07, 6.45) is -0.111. The molecule has 0 bridgehead atoms. The monoisotopic (exact) mass is 218 g/mol. The molecule has 0 aromatic carbocycles. The molecule has 0 radical (unpaired) electrons. The van der Waals surface area contributed by atoms with Crippen LogP contribution in [0.4, 0.5) is 0 Å². The molecule has 0 aliphatic carbocycles. The maximum atomic E-state index is 5.76. The molecule has 0 spiro atoms. The molecule has 0 aromatic rings. The predicted octanol–water partition coefficient (Wildman–Crippen LogP) is 1.23. The fraction of sp³-hybridized carbons (Fsp3) is 1.00. The molecule has 4 heteroatoms. The molecule has 5 atom stereocenters. The minimum atomic E-state index is -0.0669. The topological polar surface area (TPSA) is 36.9 Å². The standard InChI is InChI=1S/C11H22O4/c1-6-14-10-8(3)15-7(2)9(12-4)11(10)13-5/h7-11H,6H2,1-5H3/t7-,8-,9-,10?,11?/m0/s1. The zero-order valence-electron chi connectivity index (χ0n) is 10.2. The Hall–Kier alpha value is -0.160. The quantitative estimate of drug-likeness (QED) is 0.711. The molecule has 2 unspecified atom stereocenters. The number of ether oxygens (including phenoxy) is 4. The van der Waals surface area contributed by atoms with Crippen molar-refractivity contribution < 1.29 is 18.9 Å². The zero-order valence-corrected chi connectivity index (χ0v) is 10.2. The maximum Gasteiger partial charge on any atom is 0.114 e. The Labute approximate surface area is 91.8 Å². The molecule has 0 saturated carbocycles. The molecule has 0 N–H and O–H groups in total. The molecule has 1 fully saturated rings. The molecule has 1 heterocycles. The van der Waals surface area contributed by atoms with Crippen LogP contribution < -0.4 is 0 Å². The first kappa shape index (κ1) is 12.9. The van der Waals surface area contributed by atoms with Gasteiger partial charge in [-0.15, -0.1) is 0 Å². The van der Waals surface area contributed by atoms with Crippen molar-refractivity contribution in [2.45, 2.75) is 51.3 Å². The van der Waals surface area contributed by atoms with Crippen LogP contribution in [0.3, 0.4) is 0 Å². The van der Waals surface area contributed by atoms with E-state index in [9.17, 15) is 0 Å². The van der Waals surface area contributed by atoms with Gasteiger partial charge < -0.3 is 18.9 Å². The highest BCUT2D eigenvalue weighted by atomic mass is 16.6. The van der Waals surface area contributed by atoms with E-state index in [-0.39, 0.29) is 30.5 Å². The summed E-state index contributed by atoms with van der Waals surface area (Å²) in [5, 5.41) is 0. The van der Waals surface area contributed by atoms with Crippen LogP contribution in [-0.4, -0.2) is 51.3 Å². The summed E-state index contributed by atoms with van der Waals surface area (Å²) in [6.45, 7) is 6.63. The lowest BCUT2D eigenvalue weighted by Gasteiger charge is -2.43. The highest BCUT2D eigenvalue weighted by Gasteiger charge is 2.43. The second-order valence-corrected chi connectivity index (χ2v) is 3.87. The third kappa shape index (κ3) is 2.69. The first-order valence-corrected chi connectivity index (χ1v) is 5.48. The summed E-state index contributed by atoms with van der Waals surface area (Å²) in [5.41, 5.74) is 0. The normalized spacial score (nSPS) is 41.8. The van der Waals surface area contributed by atoms with Gasteiger partial charge in [0.15, 0.2) is 0 Å². The second kappa shape index (κ2) is 5.80. The summed E-state index contributed by atoms with van der Waals surface area (Å²) >= 11 is 0. The minimum absolute atomic E-state index is 0.0339. The van der Waals surface area contributed by atoms with E-state index in [2.05, 4.69) is 0 Å². The smallest absolute Gasteiger partial charge is 0.114 e. The molecule has 1 aliphatic heterocycles. The average Bonchev–Trinajstić information content (AvgIpc) is 2.21. The van der Waals surface area contributed by atoms with Crippen molar-refractivity contribution in [3.63, 3.8) is 0 Å². The van der Waals surface area contributed by atoms with Crippen LogP contribution in [0.2, 0.25) is 0 Å². The van der Waals surface area contributed by atoms with Crippen molar-refractivity contribution in [2.24, 2.45) is 0 Å². The molecule has 1 saturated heterocycles. The van der Waals surface area contributed by atoms with Gasteiger partial charge in [-0.1, -0.05) is 0 Å². The summed E-state index contributed by atoms with van der Waals surface area (Å²) in [7, 11) is 3.36. The Morgan fingerprint density at radius 2 is 1.47 bits per heavy atom. The number of hydrogen-bond acceptors (Lipinski definition) is 4. The fourth-order valence-electron chi connectivity index (χ4n) is 2.23. The van der Waals surface area contributed by atoms with Crippen LogP contribution in [0.1, 0.15) is 20.8 Å². The Kier molecular flexibility index (Phi) is 4.99. The van der Waals surface area contributed by atoms with Crippen molar-refractivity contribution in [2.75, 3.05) is 20.8 Å². The van der Waals surface area contributed by atoms with E-state index in [1.807, 2.05) is 20.8 Å². The van der Waals surface area contributed by atoms with Crippen molar-refractivity contribution in [3.05, 3.63) is 0 Å². The Morgan fingerprint density at radius 1 is 0.933 bits per heavy atom. The fourth-order valence-corrected chi connectivity index (χ4v) is 2.23. The van der Waals surface area contributed by atoms with Crippen LogP contribution in [0.15, 0.2) is 0 Å². The lowest BCUT2D eigenvalue weighted by molar-refractivity contribution is -0.238. The van der Waals surface area contributed by atoms with Crippen LogP contribution in [0.25, 0.3) is 0 Å². The van der Waals surface area contributed by atoms with E-state index in [1.54, 1.807) is 14.2 Å². The Morgan fingerprint density at radius 3 is 1.93 bits per heavy atom. The molecular weight excluding hydrogens is 196 g/mol. The molecule has 90 valence electrons. The maximum absolute atomic E-state index is 5.76. The number of hydrogen-bond donors (Lipinski definition) is 0. The molecule has 15 heavy (non-hydrogen) atoms. The van der Waals surface area contributed by atoms with Gasteiger partial charge in [-0.3, -0.25) is 0 Å². The van der Waals surface area contributed by atoms with Gasteiger partial charge in [0.25, 0.3) is 0 Å². The van der Waals surface area contributed by atoms with Crippen molar-refractivity contribution in [3.8, 4) is 0 Å². The average molecular weight is 218 g/mol. The zero-order chi connectivity index (χ0) is 11.4. The highest BCUT2D eigenvalue weighted by molar-refractivity contribution is 4.91. The van der Waals surface area contributed by atoms with E-state index in [1.165, 1.54) is 0 Å². The largest absolute Gasteiger partial charge is 0.376 e. The summed E-state index contributed by atoms with van der Waals surface area (Å²) in [5.74, 6) is 0. The molecule has 4 nitrogen and oxygen atoms in total. The van der Waals surface area contributed by atoms with E-state index < -0.39 is 0 Å². The van der Waals surface area contributed by atoms with E-state index in [0.29, 0.717) is 6.61 Å². The predicted molar refractivity (Wildman–Crippen MR) is 57.0 cm³/mol. The molecule has 0 amide bonds. The SMILES string of the molecule is CCOC1C(OC)[C@@H](OC)[C@H](C)O[C@H]1C. The molecular formula is C11H22O4.